The molecule has 28 heavy (non-hydrogen) atoms. The normalized spacial score (nSPS) is 11.7. The lowest BCUT2D eigenvalue weighted by atomic mass is 10.1. The summed E-state index contributed by atoms with van der Waals surface area (Å²) in [6, 6.07) is 18.9. The van der Waals surface area contributed by atoms with E-state index in [1.807, 2.05) is 31.2 Å². The minimum Gasteiger partial charge on any atom is -0.344 e. The molecule has 0 radical (unpaired) electrons. The fourth-order valence-corrected chi connectivity index (χ4v) is 3.40. The van der Waals surface area contributed by atoms with E-state index in [0.29, 0.717) is 22.4 Å². The molecule has 2 heterocycles. The van der Waals surface area contributed by atoms with Crippen LogP contribution >= 0.6 is 0 Å². The molecule has 4 aromatic rings. The van der Waals surface area contributed by atoms with Gasteiger partial charge in [0, 0.05) is 17.9 Å². The summed E-state index contributed by atoms with van der Waals surface area (Å²) in [6.45, 7) is 4.88. The molecule has 0 fully saturated rings. The molecule has 0 saturated heterocycles. The Bertz CT molecular complexity index is 1220. The van der Waals surface area contributed by atoms with Crippen LogP contribution in [0.5, 0.6) is 0 Å². The number of allylic oxidation sites excluding steroid dienone is 1. The molecule has 2 aromatic heterocycles. The van der Waals surface area contributed by atoms with Crippen LogP contribution < -0.4 is 0 Å². The van der Waals surface area contributed by atoms with E-state index < -0.39 is 0 Å². The molecule has 2 aromatic carbocycles. The molecule has 0 saturated carbocycles. The Morgan fingerprint density at radius 1 is 1.18 bits per heavy atom. The number of hydrogen-bond acceptors (Lipinski definition) is 2. The van der Waals surface area contributed by atoms with E-state index in [4.69, 9.17) is 0 Å². The average molecular weight is 370 g/mol. The number of rotatable bonds is 4. The van der Waals surface area contributed by atoms with Crippen molar-refractivity contribution in [2.24, 2.45) is 0 Å². The summed E-state index contributed by atoms with van der Waals surface area (Å²) in [7, 11) is 0. The number of aromatic nitrogens is 3. The number of hydrogen-bond donors (Lipinski definition) is 1. The fraction of sp³-hybridized carbons (Fsp3) is 0.130. The predicted molar refractivity (Wildman–Crippen MR) is 109 cm³/mol. The molecule has 0 aliphatic rings. The van der Waals surface area contributed by atoms with Gasteiger partial charge >= 0.3 is 0 Å². The van der Waals surface area contributed by atoms with Crippen LogP contribution in [0.4, 0.5) is 4.39 Å². The third-order valence-electron chi connectivity index (χ3n) is 4.92. The quantitative estimate of drug-likeness (QED) is 0.500. The molecule has 0 bridgehead atoms. The van der Waals surface area contributed by atoms with E-state index in [2.05, 4.69) is 45.7 Å². The lowest BCUT2D eigenvalue weighted by molar-refractivity contribution is 0.629. The number of halogens is 1. The van der Waals surface area contributed by atoms with E-state index in [-0.39, 0.29) is 5.82 Å². The number of H-pyrrole nitrogens is 1. The van der Waals surface area contributed by atoms with Crippen molar-refractivity contribution in [3.05, 3.63) is 88.8 Å². The maximum atomic E-state index is 13.4. The van der Waals surface area contributed by atoms with Gasteiger partial charge in [0.05, 0.1) is 16.6 Å². The maximum Gasteiger partial charge on any atom is 0.149 e. The lowest BCUT2D eigenvalue weighted by Gasteiger charge is -2.09. The molecule has 138 valence electrons. The van der Waals surface area contributed by atoms with Gasteiger partial charge in [-0.3, -0.25) is 0 Å². The van der Waals surface area contributed by atoms with Gasteiger partial charge in [-0.15, -0.1) is 0 Å². The summed E-state index contributed by atoms with van der Waals surface area (Å²) in [5, 5.41) is 9.66. The largest absolute Gasteiger partial charge is 0.344 e. The molecular formula is C23H19FN4. The number of nitrogens with zero attached hydrogens (tertiary/aromatic N) is 3. The molecular weight excluding hydrogens is 351 g/mol. The van der Waals surface area contributed by atoms with Crippen molar-refractivity contribution in [3.8, 4) is 6.07 Å². The molecule has 5 heteroatoms. The zero-order valence-electron chi connectivity index (χ0n) is 15.7. The molecule has 1 N–H and O–H groups in total. The zero-order valence-corrected chi connectivity index (χ0v) is 15.7. The highest BCUT2D eigenvalue weighted by Crippen LogP contribution is 2.24. The van der Waals surface area contributed by atoms with Gasteiger partial charge in [0.15, 0.2) is 0 Å². The molecule has 0 unspecified atom stereocenters. The number of fused-ring (bicyclic) bond motifs is 1. The van der Waals surface area contributed by atoms with Crippen molar-refractivity contribution in [2.75, 3.05) is 0 Å². The number of nitriles is 1. The highest BCUT2D eigenvalue weighted by molar-refractivity contribution is 5.90. The van der Waals surface area contributed by atoms with Crippen LogP contribution in [-0.4, -0.2) is 14.5 Å². The molecule has 0 atom stereocenters. The number of nitrogens with one attached hydrogen (secondary N) is 1. The van der Waals surface area contributed by atoms with Crippen LogP contribution in [-0.2, 0) is 6.54 Å². The summed E-state index contributed by atoms with van der Waals surface area (Å²) in [6.07, 6.45) is 1.83. The molecule has 0 aliphatic carbocycles. The third-order valence-corrected chi connectivity index (χ3v) is 4.92. The van der Waals surface area contributed by atoms with E-state index in [9.17, 15) is 9.65 Å². The van der Waals surface area contributed by atoms with Crippen molar-refractivity contribution >= 4 is 22.7 Å². The van der Waals surface area contributed by atoms with Gasteiger partial charge < -0.3 is 9.55 Å². The van der Waals surface area contributed by atoms with E-state index in [1.165, 1.54) is 17.7 Å². The van der Waals surface area contributed by atoms with E-state index in [1.54, 1.807) is 6.07 Å². The Morgan fingerprint density at radius 3 is 2.71 bits per heavy atom. The van der Waals surface area contributed by atoms with Gasteiger partial charge in [0.1, 0.15) is 17.7 Å². The smallest absolute Gasteiger partial charge is 0.149 e. The topological polar surface area (TPSA) is 57.4 Å². The molecule has 0 amide bonds. The van der Waals surface area contributed by atoms with Gasteiger partial charge in [-0.25, -0.2) is 9.37 Å². The monoisotopic (exact) mass is 370 g/mol. The molecule has 4 rings (SSSR count). The van der Waals surface area contributed by atoms with Crippen LogP contribution in [0.3, 0.4) is 0 Å². The first-order valence-electron chi connectivity index (χ1n) is 9.03. The minimum absolute atomic E-state index is 0.338. The molecule has 4 nitrogen and oxygen atoms in total. The van der Waals surface area contributed by atoms with Crippen LogP contribution in [0.2, 0.25) is 0 Å². The first-order valence-corrected chi connectivity index (χ1v) is 9.03. The Labute approximate surface area is 162 Å². The highest BCUT2D eigenvalue weighted by atomic mass is 19.1. The van der Waals surface area contributed by atoms with Crippen LogP contribution in [0, 0.1) is 31.0 Å². The summed E-state index contributed by atoms with van der Waals surface area (Å²) in [4.78, 5) is 7.47. The summed E-state index contributed by atoms with van der Waals surface area (Å²) in [5.74, 6) is 0.102. The van der Waals surface area contributed by atoms with Crippen LogP contribution in [0.25, 0.3) is 22.7 Å². The van der Waals surface area contributed by atoms with Gasteiger partial charge in [0.25, 0.3) is 0 Å². The van der Waals surface area contributed by atoms with Gasteiger partial charge in [-0.05, 0) is 55.3 Å². The maximum absolute atomic E-state index is 13.4. The number of aromatic amines is 1. The second-order valence-corrected chi connectivity index (χ2v) is 6.81. The summed E-state index contributed by atoms with van der Waals surface area (Å²) >= 11 is 0. The van der Waals surface area contributed by atoms with E-state index in [0.717, 1.165) is 23.5 Å². The van der Waals surface area contributed by atoms with Crippen molar-refractivity contribution in [1.29, 1.82) is 5.26 Å². The van der Waals surface area contributed by atoms with Crippen molar-refractivity contribution in [3.63, 3.8) is 0 Å². The summed E-state index contributed by atoms with van der Waals surface area (Å²) in [5.41, 5.74) is 6.01. The van der Waals surface area contributed by atoms with Crippen LogP contribution in [0.1, 0.15) is 28.3 Å². The molecule has 0 aliphatic heterocycles. The standard InChI is InChI=1S/C23H19FN4/c1-15-10-18(16(2)28(15)14-17-6-4-3-5-7-17)11-19(13-25)23-26-21-9-8-20(24)12-22(21)27-23/h3-12H,14H2,1-2H3,(H,26,27)/b19-11-. The second-order valence-electron chi connectivity index (χ2n) is 6.81. The molecule has 0 spiro atoms. The minimum atomic E-state index is -0.338. The first kappa shape index (κ1) is 17.7. The van der Waals surface area contributed by atoms with Gasteiger partial charge in [0.2, 0.25) is 0 Å². The Hall–Kier alpha value is -3.65. The highest BCUT2D eigenvalue weighted by Gasteiger charge is 2.12. The summed E-state index contributed by atoms with van der Waals surface area (Å²) < 4.78 is 15.7. The Balaban J connectivity index is 1.72. The average Bonchev–Trinajstić information content (AvgIpc) is 3.22. The Kier molecular flexibility index (Phi) is 4.54. The fourth-order valence-electron chi connectivity index (χ4n) is 3.40. The van der Waals surface area contributed by atoms with E-state index >= 15 is 0 Å². The van der Waals surface area contributed by atoms with Crippen molar-refractivity contribution in [1.82, 2.24) is 14.5 Å². The SMILES string of the molecule is Cc1cc(/C=C(/C#N)c2nc3ccc(F)cc3[nH]2)c(C)n1Cc1ccccc1. The first-order chi connectivity index (χ1) is 13.5. The number of aryl methyl sites for hydroxylation is 1. The Morgan fingerprint density at radius 2 is 1.96 bits per heavy atom. The number of imidazole rings is 1. The van der Waals surface area contributed by atoms with Crippen molar-refractivity contribution in [2.45, 2.75) is 20.4 Å². The van der Waals surface area contributed by atoms with Gasteiger partial charge in [-0.1, -0.05) is 30.3 Å². The zero-order chi connectivity index (χ0) is 19.7. The van der Waals surface area contributed by atoms with Gasteiger partial charge in [-0.2, -0.15) is 5.26 Å². The second kappa shape index (κ2) is 7.16. The van der Waals surface area contributed by atoms with Crippen LogP contribution in [0.15, 0.2) is 54.6 Å². The lowest BCUT2D eigenvalue weighted by Crippen LogP contribution is -2.03. The number of benzene rings is 2. The third kappa shape index (κ3) is 3.33. The van der Waals surface area contributed by atoms with Crippen molar-refractivity contribution < 1.29 is 4.39 Å². The predicted octanol–water partition coefficient (Wildman–Crippen LogP) is 5.23.